The Morgan fingerprint density at radius 2 is 1.56 bits per heavy atom. The molecule has 0 unspecified atom stereocenters. The van der Waals surface area contributed by atoms with Crippen LogP contribution in [0.4, 0.5) is 11.4 Å². The lowest BCUT2D eigenvalue weighted by molar-refractivity contribution is -0.118. The zero-order valence-corrected chi connectivity index (χ0v) is 18.6. The van der Waals surface area contributed by atoms with E-state index in [1.165, 1.54) is 11.8 Å². The lowest BCUT2D eigenvalue weighted by Crippen LogP contribution is -2.20. The summed E-state index contributed by atoms with van der Waals surface area (Å²) in [5.41, 5.74) is 1.20. The van der Waals surface area contributed by atoms with E-state index >= 15 is 0 Å². The highest BCUT2D eigenvalue weighted by Crippen LogP contribution is 2.29. The SMILES string of the molecule is COc1ccc(OC)c(NC(=O)CSc2ccc(NC(=O)COc3ccccc3)cc2)c1. The monoisotopic (exact) mass is 452 g/mol. The van der Waals surface area contributed by atoms with Crippen LogP contribution in [-0.4, -0.2) is 38.4 Å². The Morgan fingerprint density at radius 1 is 0.812 bits per heavy atom. The molecule has 0 fully saturated rings. The van der Waals surface area contributed by atoms with Gasteiger partial charge in [-0.25, -0.2) is 0 Å². The van der Waals surface area contributed by atoms with Crippen LogP contribution >= 0.6 is 11.8 Å². The van der Waals surface area contributed by atoms with Crippen molar-refractivity contribution in [3.8, 4) is 17.2 Å². The van der Waals surface area contributed by atoms with Gasteiger partial charge in [-0.3, -0.25) is 9.59 Å². The number of thioether (sulfide) groups is 1. The molecule has 3 aromatic rings. The van der Waals surface area contributed by atoms with Crippen LogP contribution in [0, 0.1) is 0 Å². The third-order valence-corrected chi connectivity index (χ3v) is 5.31. The number of benzene rings is 3. The smallest absolute Gasteiger partial charge is 0.262 e. The van der Waals surface area contributed by atoms with E-state index in [4.69, 9.17) is 14.2 Å². The fourth-order valence-electron chi connectivity index (χ4n) is 2.74. The third-order valence-electron chi connectivity index (χ3n) is 4.30. The van der Waals surface area contributed by atoms with Gasteiger partial charge in [-0.2, -0.15) is 0 Å². The standard InChI is InChI=1S/C24H24N2O5S/c1-29-19-10-13-22(30-2)21(14-19)26-24(28)16-32-20-11-8-17(9-12-20)25-23(27)15-31-18-6-4-3-5-7-18/h3-14H,15-16H2,1-2H3,(H,25,27)(H,26,28). The quantitative estimate of drug-likeness (QED) is 0.442. The van der Waals surface area contributed by atoms with Crippen molar-refractivity contribution in [3.05, 3.63) is 72.8 Å². The highest BCUT2D eigenvalue weighted by molar-refractivity contribution is 8.00. The summed E-state index contributed by atoms with van der Waals surface area (Å²) in [6.45, 7) is -0.0750. The number of hydrogen-bond acceptors (Lipinski definition) is 6. The van der Waals surface area contributed by atoms with Gasteiger partial charge in [0.1, 0.15) is 17.2 Å². The lowest BCUT2D eigenvalue weighted by Gasteiger charge is -2.12. The summed E-state index contributed by atoms with van der Waals surface area (Å²) < 4.78 is 15.9. The molecule has 2 amide bonds. The highest BCUT2D eigenvalue weighted by Gasteiger charge is 2.10. The lowest BCUT2D eigenvalue weighted by atomic mass is 10.2. The van der Waals surface area contributed by atoms with Crippen LogP contribution in [0.3, 0.4) is 0 Å². The first-order chi connectivity index (χ1) is 15.6. The maximum absolute atomic E-state index is 12.4. The third kappa shape index (κ3) is 6.95. The van der Waals surface area contributed by atoms with E-state index in [-0.39, 0.29) is 24.2 Å². The number of ether oxygens (including phenoxy) is 3. The fourth-order valence-corrected chi connectivity index (χ4v) is 3.44. The van der Waals surface area contributed by atoms with E-state index in [2.05, 4.69) is 10.6 Å². The second-order valence-electron chi connectivity index (χ2n) is 6.58. The van der Waals surface area contributed by atoms with E-state index < -0.39 is 0 Å². The van der Waals surface area contributed by atoms with Gasteiger partial charge in [0.05, 0.1) is 25.7 Å². The molecule has 3 rings (SSSR count). The first kappa shape index (κ1) is 23.0. The molecule has 0 saturated carbocycles. The van der Waals surface area contributed by atoms with Crippen molar-refractivity contribution in [3.63, 3.8) is 0 Å². The largest absolute Gasteiger partial charge is 0.497 e. The molecule has 0 heterocycles. The Balaban J connectivity index is 1.46. The maximum atomic E-state index is 12.4. The van der Waals surface area contributed by atoms with Crippen LogP contribution in [0.5, 0.6) is 17.2 Å². The number of amides is 2. The van der Waals surface area contributed by atoms with E-state index in [9.17, 15) is 9.59 Å². The number of carbonyl (C=O) groups excluding carboxylic acids is 2. The number of nitrogens with one attached hydrogen (secondary N) is 2. The molecule has 0 aliphatic rings. The summed E-state index contributed by atoms with van der Waals surface area (Å²) in [5, 5.41) is 5.62. The zero-order valence-electron chi connectivity index (χ0n) is 17.8. The number of para-hydroxylation sites is 1. The van der Waals surface area contributed by atoms with E-state index in [1.54, 1.807) is 56.7 Å². The fraction of sp³-hybridized carbons (Fsp3) is 0.167. The van der Waals surface area contributed by atoms with Crippen molar-refractivity contribution in [2.75, 3.05) is 37.2 Å². The molecule has 0 aliphatic heterocycles. The second-order valence-corrected chi connectivity index (χ2v) is 7.63. The Bertz CT molecular complexity index is 1040. The molecule has 0 saturated heterocycles. The van der Waals surface area contributed by atoms with Gasteiger partial charge in [0.25, 0.3) is 5.91 Å². The molecule has 0 bridgehead atoms. The molecule has 32 heavy (non-hydrogen) atoms. The van der Waals surface area contributed by atoms with Crippen molar-refractivity contribution in [2.24, 2.45) is 0 Å². The Hall–Kier alpha value is -3.65. The molecule has 8 heteroatoms. The molecule has 0 aliphatic carbocycles. The number of hydrogen-bond donors (Lipinski definition) is 2. The van der Waals surface area contributed by atoms with Crippen molar-refractivity contribution >= 4 is 35.0 Å². The van der Waals surface area contributed by atoms with Crippen molar-refractivity contribution in [1.29, 1.82) is 0 Å². The van der Waals surface area contributed by atoms with E-state index in [1.807, 2.05) is 30.3 Å². The highest BCUT2D eigenvalue weighted by atomic mass is 32.2. The predicted molar refractivity (Wildman–Crippen MR) is 126 cm³/mol. The predicted octanol–water partition coefficient (Wildman–Crippen LogP) is 4.45. The van der Waals surface area contributed by atoms with Gasteiger partial charge >= 0.3 is 0 Å². The number of rotatable bonds is 10. The minimum atomic E-state index is -0.249. The molecular formula is C24H24N2O5S. The normalized spacial score (nSPS) is 10.2. The van der Waals surface area contributed by atoms with Crippen LogP contribution < -0.4 is 24.8 Å². The molecule has 0 aromatic heterocycles. The molecule has 2 N–H and O–H groups in total. The van der Waals surface area contributed by atoms with Crippen molar-refractivity contribution in [2.45, 2.75) is 4.90 Å². The van der Waals surface area contributed by atoms with Crippen LogP contribution in [0.2, 0.25) is 0 Å². The Kier molecular flexibility index (Phi) is 8.39. The van der Waals surface area contributed by atoms with Crippen molar-refractivity contribution in [1.82, 2.24) is 0 Å². The summed E-state index contributed by atoms with van der Waals surface area (Å²) in [7, 11) is 3.10. The molecule has 166 valence electrons. The zero-order chi connectivity index (χ0) is 22.8. The average Bonchev–Trinajstić information content (AvgIpc) is 2.83. The first-order valence-electron chi connectivity index (χ1n) is 9.80. The average molecular weight is 453 g/mol. The molecule has 3 aromatic carbocycles. The molecule has 0 spiro atoms. The van der Waals surface area contributed by atoms with Crippen LogP contribution in [-0.2, 0) is 9.59 Å². The number of methoxy groups -OCH3 is 2. The van der Waals surface area contributed by atoms with Crippen LogP contribution in [0.25, 0.3) is 0 Å². The Morgan fingerprint density at radius 3 is 2.25 bits per heavy atom. The van der Waals surface area contributed by atoms with Crippen molar-refractivity contribution < 1.29 is 23.8 Å². The number of anilines is 2. The topological polar surface area (TPSA) is 85.9 Å². The Labute approximate surface area is 191 Å². The summed E-state index contributed by atoms with van der Waals surface area (Å²) in [6.07, 6.45) is 0. The first-order valence-corrected chi connectivity index (χ1v) is 10.8. The second kappa shape index (κ2) is 11.7. The van der Waals surface area contributed by atoms with Gasteiger partial charge in [-0.1, -0.05) is 18.2 Å². The summed E-state index contributed by atoms with van der Waals surface area (Å²) in [5.74, 6) is 1.62. The minimum Gasteiger partial charge on any atom is -0.497 e. The van der Waals surface area contributed by atoms with Crippen LogP contribution in [0.15, 0.2) is 77.7 Å². The summed E-state index contributed by atoms with van der Waals surface area (Å²) in [6, 6.07) is 21.6. The van der Waals surface area contributed by atoms with E-state index in [0.29, 0.717) is 28.6 Å². The summed E-state index contributed by atoms with van der Waals surface area (Å²) in [4.78, 5) is 25.3. The van der Waals surface area contributed by atoms with Gasteiger partial charge < -0.3 is 24.8 Å². The van der Waals surface area contributed by atoms with Gasteiger partial charge in [0.15, 0.2) is 6.61 Å². The van der Waals surface area contributed by atoms with Gasteiger partial charge in [0, 0.05) is 16.6 Å². The van der Waals surface area contributed by atoms with E-state index in [0.717, 1.165) is 4.90 Å². The number of carbonyl (C=O) groups is 2. The molecular weight excluding hydrogens is 428 g/mol. The molecule has 0 atom stereocenters. The van der Waals surface area contributed by atoms with Gasteiger partial charge in [-0.15, -0.1) is 11.8 Å². The minimum absolute atomic E-state index is 0.0750. The molecule has 0 radical (unpaired) electrons. The van der Waals surface area contributed by atoms with Crippen LogP contribution in [0.1, 0.15) is 0 Å². The maximum Gasteiger partial charge on any atom is 0.262 e. The summed E-state index contributed by atoms with van der Waals surface area (Å²) >= 11 is 1.38. The van der Waals surface area contributed by atoms with Gasteiger partial charge in [0.2, 0.25) is 5.91 Å². The molecule has 7 nitrogen and oxygen atoms in total. The van der Waals surface area contributed by atoms with Gasteiger partial charge in [-0.05, 0) is 48.5 Å².